The second kappa shape index (κ2) is 11.2. The topological polar surface area (TPSA) is 118 Å². The van der Waals surface area contributed by atoms with Gasteiger partial charge < -0.3 is 24.6 Å². The molecule has 0 radical (unpaired) electrons. The SMILES string of the molecule is CCOc1cc(C=NNC(=O)CNC(=O)c2ccc(OC)c(OC)c2)cc(I)c1O. The van der Waals surface area contributed by atoms with E-state index in [1.165, 1.54) is 26.5 Å². The monoisotopic (exact) mass is 527 g/mol. The number of carbonyl (C=O) groups excluding carboxylic acids is 2. The number of phenols is 1. The average Bonchev–Trinajstić information content (AvgIpc) is 2.75. The molecule has 0 aliphatic carbocycles. The molecule has 3 N–H and O–H groups in total. The van der Waals surface area contributed by atoms with Crippen LogP contribution in [0.1, 0.15) is 22.8 Å². The number of benzene rings is 2. The average molecular weight is 527 g/mol. The molecular formula is C20H22IN3O6. The molecule has 2 amide bonds. The lowest BCUT2D eigenvalue weighted by Gasteiger charge is -2.09. The molecule has 0 saturated carbocycles. The number of aromatic hydroxyl groups is 1. The van der Waals surface area contributed by atoms with Crippen LogP contribution in [-0.2, 0) is 4.79 Å². The molecule has 0 aliphatic heterocycles. The number of nitrogens with one attached hydrogen (secondary N) is 2. The smallest absolute Gasteiger partial charge is 0.259 e. The highest BCUT2D eigenvalue weighted by Gasteiger charge is 2.12. The highest BCUT2D eigenvalue weighted by atomic mass is 127. The number of phenolic OH excluding ortho intramolecular Hbond substituents is 1. The molecule has 160 valence electrons. The van der Waals surface area contributed by atoms with Gasteiger partial charge in [0, 0.05) is 5.56 Å². The summed E-state index contributed by atoms with van der Waals surface area (Å²) in [6.45, 7) is 1.95. The molecule has 0 saturated heterocycles. The van der Waals surface area contributed by atoms with Crippen molar-refractivity contribution in [3.63, 3.8) is 0 Å². The van der Waals surface area contributed by atoms with E-state index in [0.29, 0.717) is 38.6 Å². The van der Waals surface area contributed by atoms with Crippen molar-refractivity contribution >= 4 is 40.6 Å². The lowest BCUT2D eigenvalue weighted by Crippen LogP contribution is -2.34. The Morgan fingerprint density at radius 3 is 2.53 bits per heavy atom. The number of ether oxygens (including phenoxy) is 3. The molecule has 30 heavy (non-hydrogen) atoms. The van der Waals surface area contributed by atoms with Crippen molar-refractivity contribution in [2.75, 3.05) is 27.4 Å². The first-order valence-corrected chi connectivity index (χ1v) is 9.94. The van der Waals surface area contributed by atoms with Crippen molar-refractivity contribution in [1.29, 1.82) is 0 Å². The van der Waals surface area contributed by atoms with Gasteiger partial charge in [-0.15, -0.1) is 0 Å². The molecule has 0 aliphatic rings. The summed E-state index contributed by atoms with van der Waals surface area (Å²) in [5, 5.41) is 16.3. The highest BCUT2D eigenvalue weighted by molar-refractivity contribution is 14.1. The van der Waals surface area contributed by atoms with Crippen LogP contribution in [-0.4, -0.2) is 50.5 Å². The third kappa shape index (κ3) is 6.24. The summed E-state index contributed by atoms with van der Waals surface area (Å²) in [6.07, 6.45) is 1.41. The van der Waals surface area contributed by atoms with Gasteiger partial charge in [-0.1, -0.05) is 0 Å². The van der Waals surface area contributed by atoms with Crippen LogP contribution in [0.2, 0.25) is 0 Å². The van der Waals surface area contributed by atoms with E-state index in [1.807, 2.05) is 29.5 Å². The Labute approximate surface area is 187 Å². The first kappa shape index (κ1) is 23.3. The quantitative estimate of drug-likeness (QED) is 0.262. The molecule has 2 aromatic rings. The Balaban J connectivity index is 1.91. The maximum Gasteiger partial charge on any atom is 0.259 e. The van der Waals surface area contributed by atoms with E-state index in [4.69, 9.17) is 14.2 Å². The summed E-state index contributed by atoms with van der Waals surface area (Å²) < 4.78 is 16.2. The second-order valence-corrected chi connectivity index (χ2v) is 6.99. The van der Waals surface area contributed by atoms with E-state index < -0.39 is 11.8 Å². The molecule has 0 aromatic heterocycles. The van der Waals surface area contributed by atoms with Gasteiger partial charge in [0.15, 0.2) is 23.0 Å². The number of nitrogens with zero attached hydrogens (tertiary/aromatic N) is 1. The van der Waals surface area contributed by atoms with E-state index in [9.17, 15) is 14.7 Å². The first-order chi connectivity index (χ1) is 14.4. The van der Waals surface area contributed by atoms with E-state index >= 15 is 0 Å². The minimum Gasteiger partial charge on any atom is -0.504 e. The van der Waals surface area contributed by atoms with Crippen molar-refractivity contribution < 1.29 is 28.9 Å². The zero-order valence-corrected chi connectivity index (χ0v) is 18.8. The predicted octanol–water partition coefficient (Wildman–Crippen LogP) is 2.29. The minimum atomic E-state index is -0.501. The summed E-state index contributed by atoms with van der Waals surface area (Å²) in [5.74, 6) is 0.352. The normalized spacial score (nSPS) is 10.5. The van der Waals surface area contributed by atoms with Gasteiger partial charge in [-0.3, -0.25) is 9.59 Å². The number of carbonyl (C=O) groups is 2. The molecule has 2 aromatic carbocycles. The molecule has 0 spiro atoms. The van der Waals surface area contributed by atoms with E-state index in [-0.39, 0.29) is 12.3 Å². The fraction of sp³-hybridized carbons (Fsp3) is 0.250. The zero-order valence-electron chi connectivity index (χ0n) is 16.7. The molecule has 10 heteroatoms. The van der Waals surface area contributed by atoms with Gasteiger partial charge in [-0.2, -0.15) is 5.10 Å². The van der Waals surface area contributed by atoms with Gasteiger partial charge in [-0.25, -0.2) is 5.43 Å². The number of hydrogen-bond acceptors (Lipinski definition) is 7. The molecule has 9 nitrogen and oxygen atoms in total. The number of methoxy groups -OCH3 is 2. The fourth-order valence-corrected chi connectivity index (χ4v) is 3.02. The summed E-state index contributed by atoms with van der Waals surface area (Å²) >= 11 is 1.97. The molecular weight excluding hydrogens is 505 g/mol. The largest absolute Gasteiger partial charge is 0.504 e. The third-order valence-corrected chi connectivity index (χ3v) is 4.63. The van der Waals surface area contributed by atoms with E-state index in [1.54, 1.807) is 24.3 Å². The van der Waals surface area contributed by atoms with Crippen molar-refractivity contribution in [2.24, 2.45) is 5.10 Å². The molecule has 0 heterocycles. The Morgan fingerprint density at radius 2 is 1.87 bits per heavy atom. The van der Waals surface area contributed by atoms with Crippen molar-refractivity contribution in [3.05, 3.63) is 45.0 Å². The Kier molecular flexibility index (Phi) is 8.71. The maximum absolute atomic E-state index is 12.2. The van der Waals surface area contributed by atoms with Gasteiger partial charge in [-0.05, 0) is 65.4 Å². The fourth-order valence-electron chi connectivity index (χ4n) is 2.39. The van der Waals surface area contributed by atoms with E-state index in [2.05, 4.69) is 15.8 Å². The zero-order chi connectivity index (χ0) is 22.1. The van der Waals surface area contributed by atoms with Crippen LogP contribution in [0.15, 0.2) is 35.4 Å². The van der Waals surface area contributed by atoms with Crippen molar-refractivity contribution in [3.8, 4) is 23.0 Å². The van der Waals surface area contributed by atoms with Gasteiger partial charge >= 0.3 is 0 Å². The van der Waals surface area contributed by atoms with Crippen LogP contribution in [0.25, 0.3) is 0 Å². The van der Waals surface area contributed by atoms with E-state index in [0.717, 1.165) is 0 Å². The summed E-state index contributed by atoms with van der Waals surface area (Å²) in [5.41, 5.74) is 3.29. The van der Waals surface area contributed by atoms with Gasteiger partial charge in [0.2, 0.25) is 0 Å². The number of hydrogen-bond donors (Lipinski definition) is 3. The lowest BCUT2D eigenvalue weighted by atomic mass is 10.2. The van der Waals surface area contributed by atoms with Crippen LogP contribution in [0.5, 0.6) is 23.0 Å². The third-order valence-electron chi connectivity index (χ3n) is 3.81. The molecule has 2 rings (SSSR count). The van der Waals surface area contributed by atoms with Crippen LogP contribution in [0, 0.1) is 3.57 Å². The van der Waals surface area contributed by atoms with Crippen LogP contribution < -0.4 is 25.0 Å². The molecule has 0 fully saturated rings. The van der Waals surface area contributed by atoms with Crippen LogP contribution >= 0.6 is 22.6 Å². The van der Waals surface area contributed by atoms with Crippen molar-refractivity contribution in [2.45, 2.75) is 6.92 Å². The minimum absolute atomic E-state index is 0.0523. The molecule has 0 bridgehead atoms. The van der Waals surface area contributed by atoms with Gasteiger partial charge in [0.1, 0.15) is 0 Å². The number of halogens is 1. The lowest BCUT2D eigenvalue weighted by molar-refractivity contribution is -0.120. The number of rotatable bonds is 9. The Hall–Kier alpha value is -3.02. The summed E-state index contributed by atoms with van der Waals surface area (Å²) in [4.78, 5) is 24.1. The highest BCUT2D eigenvalue weighted by Crippen LogP contribution is 2.32. The first-order valence-electron chi connectivity index (χ1n) is 8.87. The number of amides is 2. The Morgan fingerprint density at radius 1 is 1.13 bits per heavy atom. The van der Waals surface area contributed by atoms with Crippen molar-refractivity contribution in [1.82, 2.24) is 10.7 Å². The standard InChI is InChI=1S/C20H22IN3O6/c1-4-30-17-8-12(7-14(21)19(17)26)10-23-24-18(25)11-22-20(27)13-5-6-15(28-2)16(9-13)29-3/h5-10,26H,4,11H2,1-3H3,(H,22,27)(H,24,25). The van der Waals surface area contributed by atoms with Gasteiger partial charge in [0.05, 0.1) is 37.2 Å². The van der Waals surface area contributed by atoms with Crippen LogP contribution in [0.3, 0.4) is 0 Å². The van der Waals surface area contributed by atoms with Gasteiger partial charge in [0.25, 0.3) is 11.8 Å². The summed E-state index contributed by atoms with van der Waals surface area (Å²) in [6, 6.07) is 7.98. The number of hydrazone groups is 1. The van der Waals surface area contributed by atoms with Crippen LogP contribution in [0.4, 0.5) is 0 Å². The predicted molar refractivity (Wildman–Crippen MR) is 120 cm³/mol. The second-order valence-electron chi connectivity index (χ2n) is 5.83. The molecule has 0 atom stereocenters. The summed E-state index contributed by atoms with van der Waals surface area (Å²) in [7, 11) is 2.97. The molecule has 0 unspecified atom stereocenters. The maximum atomic E-state index is 12.2. The Bertz CT molecular complexity index is 948.